The van der Waals surface area contributed by atoms with Crippen LogP contribution in [0.25, 0.3) is 0 Å². The van der Waals surface area contributed by atoms with Crippen LogP contribution in [-0.4, -0.2) is 63.0 Å². The first-order valence-electron chi connectivity index (χ1n) is 10.9. The van der Waals surface area contributed by atoms with Crippen molar-refractivity contribution in [2.24, 2.45) is 0 Å². The molecule has 0 aromatic heterocycles. The number of hydrogen-bond acceptors (Lipinski definition) is 6. The van der Waals surface area contributed by atoms with Crippen molar-refractivity contribution in [1.82, 2.24) is 9.21 Å². The van der Waals surface area contributed by atoms with Crippen molar-refractivity contribution >= 4 is 16.0 Å². The molecular weight excluding hydrogens is 428 g/mol. The molecule has 0 amide bonds. The summed E-state index contributed by atoms with van der Waals surface area (Å²) in [7, 11) is -3.47. The third-order valence-corrected chi connectivity index (χ3v) is 7.42. The van der Waals surface area contributed by atoms with Crippen LogP contribution in [-0.2, 0) is 26.1 Å². The molecule has 1 heterocycles. The molecule has 174 valence electrons. The number of carbonyl (C=O) groups excluding carboxylic acids is 1. The van der Waals surface area contributed by atoms with E-state index in [9.17, 15) is 13.2 Å². The molecule has 3 rings (SSSR count). The highest BCUT2D eigenvalue weighted by atomic mass is 32.2. The Kier molecular flexibility index (Phi) is 8.28. The van der Waals surface area contributed by atoms with Gasteiger partial charge in [-0.3, -0.25) is 9.69 Å². The van der Waals surface area contributed by atoms with Gasteiger partial charge >= 0.3 is 5.97 Å². The summed E-state index contributed by atoms with van der Waals surface area (Å²) < 4.78 is 38.1. The zero-order valence-electron chi connectivity index (χ0n) is 19.0. The van der Waals surface area contributed by atoms with Gasteiger partial charge in [0.05, 0.1) is 4.90 Å². The van der Waals surface area contributed by atoms with Gasteiger partial charge in [-0.2, -0.15) is 4.31 Å². The van der Waals surface area contributed by atoms with Crippen LogP contribution in [0.2, 0.25) is 0 Å². The number of esters is 1. The lowest BCUT2D eigenvalue weighted by Gasteiger charge is -2.34. The maximum absolute atomic E-state index is 12.9. The first-order valence-corrected chi connectivity index (χ1v) is 12.4. The van der Waals surface area contributed by atoms with Gasteiger partial charge < -0.3 is 9.47 Å². The molecule has 1 saturated heterocycles. The molecule has 0 unspecified atom stereocenters. The zero-order valence-corrected chi connectivity index (χ0v) is 19.8. The number of rotatable bonds is 9. The standard InChI is InChI=1S/C24H32N2O5S/c1-19(2)21-9-10-24(31-16-15-30-20(3)27)22(17-21)18-25-11-13-26(14-12-25)32(28,29)23-7-5-4-6-8-23/h4-10,17,19H,11-16,18H2,1-3H3. The molecule has 2 aromatic carbocycles. The van der Waals surface area contributed by atoms with Crippen LogP contribution in [0.3, 0.4) is 0 Å². The molecule has 8 heteroatoms. The lowest BCUT2D eigenvalue weighted by Crippen LogP contribution is -2.48. The second kappa shape index (κ2) is 10.9. The van der Waals surface area contributed by atoms with Crippen LogP contribution in [0.5, 0.6) is 5.75 Å². The Morgan fingerprint density at radius 1 is 1.00 bits per heavy atom. The van der Waals surface area contributed by atoms with Crippen molar-refractivity contribution in [2.45, 2.75) is 38.1 Å². The van der Waals surface area contributed by atoms with E-state index in [2.05, 4.69) is 30.9 Å². The predicted octanol–water partition coefficient (Wildman–Crippen LogP) is 3.26. The number of sulfonamides is 1. The highest BCUT2D eigenvalue weighted by molar-refractivity contribution is 7.89. The molecule has 7 nitrogen and oxygen atoms in total. The van der Waals surface area contributed by atoms with Crippen LogP contribution in [0.15, 0.2) is 53.4 Å². The van der Waals surface area contributed by atoms with Crippen molar-refractivity contribution in [3.05, 3.63) is 59.7 Å². The van der Waals surface area contributed by atoms with Crippen LogP contribution >= 0.6 is 0 Å². The largest absolute Gasteiger partial charge is 0.490 e. The van der Waals surface area contributed by atoms with Gasteiger partial charge in [0.1, 0.15) is 19.0 Å². The Hall–Kier alpha value is -2.42. The van der Waals surface area contributed by atoms with E-state index in [0.717, 1.165) is 11.3 Å². The van der Waals surface area contributed by atoms with E-state index in [4.69, 9.17) is 9.47 Å². The average molecular weight is 461 g/mol. The molecule has 0 N–H and O–H groups in total. The van der Waals surface area contributed by atoms with Crippen LogP contribution in [0.1, 0.15) is 37.8 Å². The summed E-state index contributed by atoms with van der Waals surface area (Å²) >= 11 is 0. The summed E-state index contributed by atoms with van der Waals surface area (Å²) in [6.45, 7) is 9.01. The lowest BCUT2D eigenvalue weighted by atomic mass is 10.00. The summed E-state index contributed by atoms with van der Waals surface area (Å²) in [5, 5.41) is 0. The zero-order chi connectivity index (χ0) is 23.1. The van der Waals surface area contributed by atoms with Gasteiger partial charge in [-0.25, -0.2) is 8.42 Å². The van der Waals surface area contributed by atoms with Crippen molar-refractivity contribution in [3.8, 4) is 5.75 Å². The Morgan fingerprint density at radius 2 is 1.69 bits per heavy atom. The van der Waals surface area contributed by atoms with Gasteiger partial charge in [0.2, 0.25) is 10.0 Å². The second-order valence-electron chi connectivity index (χ2n) is 8.20. The van der Waals surface area contributed by atoms with E-state index in [1.165, 1.54) is 12.5 Å². The summed E-state index contributed by atoms with van der Waals surface area (Å²) in [5.41, 5.74) is 2.27. The molecule has 2 aromatic rings. The van der Waals surface area contributed by atoms with Gasteiger partial charge in [0.25, 0.3) is 0 Å². The fourth-order valence-corrected chi connectivity index (χ4v) is 5.11. The molecule has 0 saturated carbocycles. The third kappa shape index (κ3) is 6.31. The van der Waals surface area contributed by atoms with E-state index in [1.807, 2.05) is 12.1 Å². The monoisotopic (exact) mass is 460 g/mol. The number of benzene rings is 2. The molecule has 1 fully saturated rings. The average Bonchev–Trinajstić information content (AvgIpc) is 2.78. The van der Waals surface area contributed by atoms with E-state index in [0.29, 0.717) is 43.5 Å². The summed E-state index contributed by atoms with van der Waals surface area (Å²) in [6.07, 6.45) is 0. The van der Waals surface area contributed by atoms with Crippen LogP contribution in [0.4, 0.5) is 0 Å². The van der Waals surface area contributed by atoms with Crippen LogP contribution in [0, 0.1) is 0 Å². The molecule has 1 aliphatic rings. The molecule has 1 aliphatic heterocycles. The second-order valence-corrected chi connectivity index (χ2v) is 10.1. The van der Waals surface area contributed by atoms with Gasteiger partial charge in [-0.1, -0.05) is 44.2 Å². The molecule has 0 aliphatic carbocycles. The minimum atomic E-state index is -3.47. The predicted molar refractivity (Wildman–Crippen MR) is 123 cm³/mol. The molecule has 0 radical (unpaired) electrons. The van der Waals surface area contributed by atoms with E-state index in [-0.39, 0.29) is 19.2 Å². The number of piperazine rings is 1. The van der Waals surface area contributed by atoms with E-state index < -0.39 is 10.0 Å². The first kappa shape index (κ1) is 24.2. The maximum atomic E-state index is 12.9. The van der Waals surface area contributed by atoms with Gasteiger partial charge in [-0.15, -0.1) is 0 Å². The molecule has 32 heavy (non-hydrogen) atoms. The van der Waals surface area contributed by atoms with Gasteiger partial charge in [-0.05, 0) is 29.7 Å². The Morgan fingerprint density at radius 3 is 2.31 bits per heavy atom. The smallest absolute Gasteiger partial charge is 0.302 e. The fourth-order valence-electron chi connectivity index (χ4n) is 3.67. The number of hydrogen-bond donors (Lipinski definition) is 0. The molecule has 0 spiro atoms. The number of ether oxygens (including phenoxy) is 2. The third-order valence-electron chi connectivity index (χ3n) is 5.50. The first-order chi connectivity index (χ1) is 15.3. The lowest BCUT2D eigenvalue weighted by molar-refractivity contribution is -0.141. The van der Waals surface area contributed by atoms with E-state index in [1.54, 1.807) is 28.6 Å². The quantitative estimate of drug-likeness (QED) is 0.422. The molecule has 0 bridgehead atoms. The van der Waals surface area contributed by atoms with Crippen molar-refractivity contribution < 1.29 is 22.7 Å². The SMILES string of the molecule is CC(=O)OCCOc1ccc(C(C)C)cc1CN1CCN(S(=O)(=O)c2ccccc2)CC1. The molecule has 0 atom stereocenters. The Balaban J connectivity index is 1.65. The topological polar surface area (TPSA) is 76.2 Å². The number of carbonyl (C=O) groups is 1. The summed E-state index contributed by atoms with van der Waals surface area (Å²) in [4.78, 5) is 13.5. The highest BCUT2D eigenvalue weighted by Gasteiger charge is 2.28. The van der Waals surface area contributed by atoms with Crippen LogP contribution < -0.4 is 4.74 Å². The minimum absolute atomic E-state index is 0.205. The number of nitrogens with zero attached hydrogens (tertiary/aromatic N) is 2. The van der Waals surface area contributed by atoms with Crippen molar-refractivity contribution in [2.75, 3.05) is 39.4 Å². The molecular formula is C24H32N2O5S. The van der Waals surface area contributed by atoms with Gasteiger partial charge in [0, 0.05) is 45.2 Å². The highest BCUT2D eigenvalue weighted by Crippen LogP contribution is 2.27. The van der Waals surface area contributed by atoms with E-state index >= 15 is 0 Å². The Labute approximate surface area is 191 Å². The fraction of sp³-hybridized carbons (Fsp3) is 0.458. The normalized spacial score (nSPS) is 15.6. The van der Waals surface area contributed by atoms with Crippen molar-refractivity contribution in [3.63, 3.8) is 0 Å². The summed E-state index contributed by atoms with van der Waals surface area (Å²) in [5.74, 6) is 0.824. The van der Waals surface area contributed by atoms with Gasteiger partial charge in [0.15, 0.2) is 0 Å². The summed E-state index contributed by atoms with van der Waals surface area (Å²) in [6, 6.07) is 14.8. The maximum Gasteiger partial charge on any atom is 0.302 e. The Bertz CT molecular complexity index is 1000. The van der Waals surface area contributed by atoms with Crippen molar-refractivity contribution in [1.29, 1.82) is 0 Å². The minimum Gasteiger partial charge on any atom is -0.490 e.